The van der Waals surface area contributed by atoms with Crippen molar-refractivity contribution in [3.8, 4) is 22.8 Å². The van der Waals surface area contributed by atoms with Crippen LogP contribution >= 0.6 is 0 Å². The van der Waals surface area contributed by atoms with Gasteiger partial charge in [-0.3, -0.25) is 0 Å². The Morgan fingerprint density at radius 3 is 2.00 bits per heavy atom. The van der Waals surface area contributed by atoms with Crippen LogP contribution in [-0.2, 0) is 0 Å². The molecule has 0 aliphatic rings. The van der Waals surface area contributed by atoms with E-state index in [0.717, 1.165) is 22.8 Å². The third-order valence-corrected chi connectivity index (χ3v) is 7.17. The highest BCUT2D eigenvalue weighted by atomic mass is 14.9. The lowest BCUT2D eigenvalue weighted by molar-refractivity contribution is 1.29. The summed E-state index contributed by atoms with van der Waals surface area (Å²) in [6, 6.07) is 8.35. The van der Waals surface area contributed by atoms with E-state index in [4.69, 9.17) is 0 Å². The topological polar surface area (TPSA) is 94.7 Å². The summed E-state index contributed by atoms with van der Waals surface area (Å²) in [5.74, 6) is 0. The van der Waals surface area contributed by atoms with Gasteiger partial charge in [-0.1, -0.05) is 0 Å². The molecule has 0 fully saturated rings. The van der Waals surface area contributed by atoms with Crippen LogP contribution in [0.3, 0.4) is 0 Å². The number of fused-ring (bicyclic) bond motifs is 6. The number of benzene rings is 1. The van der Waals surface area contributed by atoms with Gasteiger partial charge in [-0.05, 0) is 68.7 Å². The summed E-state index contributed by atoms with van der Waals surface area (Å²) in [7, 11) is 0. The molecule has 6 aromatic heterocycles. The summed E-state index contributed by atoms with van der Waals surface area (Å²) >= 11 is 0. The van der Waals surface area contributed by atoms with Gasteiger partial charge >= 0.3 is 0 Å². The molecule has 0 bridgehead atoms. The molecule has 32 heavy (non-hydrogen) atoms. The third kappa shape index (κ3) is 2.04. The first-order valence-electron chi connectivity index (χ1n) is 11.0. The van der Waals surface area contributed by atoms with Crippen molar-refractivity contribution in [3.63, 3.8) is 0 Å². The quantitative estimate of drug-likeness (QED) is 0.177. The van der Waals surface area contributed by atoms with E-state index >= 15 is 0 Å². The number of hydrogen-bond acceptors (Lipinski definition) is 0. The normalized spacial score (nSPS) is 12.4. The first-order valence-corrected chi connectivity index (χ1v) is 11.0. The molecule has 6 heterocycles. The Balaban J connectivity index is 1.51. The Labute approximate surface area is 183 Å². The van der Waals surface area contributed by atoms with Gasteiger partial charge in [0.2, 0.25) is 0 Å². The minimum atomic E-state index is 1.08. The van der Waals surface area contributed by atoms with E-state index in [1.165, 1.54) is 66.1 Å². The van der Waals surface area contributed by atoms with Gasteiger partial charge in [0.15, 0.2) is 0 Å². The van der Waals surface area contributed by atoms with Crippen molar-refractivity contribution < 1.29 is 0 Å². The smallest absolute Gasteiger partial charge is 0.0725 e. The summed E-state index contributed by atoms with van der Waals surface area (Å²) in [5.41, 5.74) is 16.5. The SMILES string of the molecule is Cc1c[nH]c2c1[nH]c1c(C)c3c([nH]c4c(C)c(-c5ccc(-c6ccc[nH]6)[nH]5)[nH]c43)c(C)c12. The van der Waals surface area contributed by atoms with Crippen molar-refractivity contribution in [2.45, 2.75) is 27.7 Å². The van der Waals surface area contributed by atoms with Gasteiger partial charge in [0, 0.05) is 28.7 Å². The van der Waals surface area contributed by atoms with Gasteiger partial charge in [-0.2, -0.15) is 0 Å². The van der Waals surface area contributed by atoms with E-state index in [0.29, 0.717) is 0 Å². The molecule has 1 aromatic carbocycles. The van der Waals surface area contributed by atoms with Gasteiger partial charge in [-0.25, -0.2) is 0 Å². The summed E-state index contributed by atoms with van der Waals surface area (Å²) in [5, 5.41) is 2.54. The molecule has 6 heteroatoms. The van der Waals surface area contributed by atoms with Crippen LogP contribution < -0.4 is 0 Å². The number of aromatic amines is 6. The van der Waals surface area contributed by atoms with Crippen molar-refractivity contribution in [3.05, 3.63) is 58.9 Å². The minimum Gasteiger partial charge on any atom is -0.360 e. The minimum absolute atomic E-state index is 1.08. The van der Waals surface area contributed by atoms with Crippen molar-refractivity contribution in [2.75, 3.05) is 0 Å². The van der Waals surface area contributed by atoms with Crippen LogP contribution in [-0.4, -0.2) is 29.9 Å². The average Bonchev–Trinajstić information content (AvgIpc) is 3.58. The molecule has 0 radical (unpaired) electrons. The molecule has 7 rings (SSSR count). The first kappa shape index (κ1) is 17.6. The highest BCUT2D eigenvalue weighted by molar-refractivity contribution is 6.21. The average molecular weight is 421 g/mol. The second kappa shape index (κ2) is 5.79. The predicted molar refractivity (Wildman–Crippen MR) is 132 cm³/mol. The van der Waals surface area contributed by atoms with Crippen LogP contribution in [0.1, 0.15) is 22.3 Å². The third-order valence-electron chi connectivity index (χ3n) is 7.17. The molecular formula is C26H24N6. The lowest BCUT2D eigenvalue weighted by Crippen LogP contribution is -1.87. The summed E-state index contributed by atoms with van der Waals surface area (Å²) in [4.78, 5) is 21.5. The van der Waals surface area contributed by atoms with Gasteiger partial charge < -0.3 is 29.9 Å². The first-order chi connectivity index (χ1) is 15.5. The molecular weight excluding hydrogens is 396 g/mol. The second-order valence-electron chi connectivity index (χ2n) is 8.97. The highest BCUT2D eigenvalue weighted by Crippen LogP contribution is 2.41. The van der Waals surface area contributed by atoms with Crippen molar-refractivity contribution in [1.82, 2.24) is 29.9 Å². The Hall–Kier alpha value is -4.06. The van der Waals surface area contributed by atoms with E-state index in [-0.39, 0.29) is 0 Å². The Morgan fingerprint density at radius 2 is 1.25 bits per heavy atom. The molecule has 0 saturated heterocycles. The van der Waals surface area contributed by atoms with E-state index in [2.05, 4.69) is 82.0 Å². The zero-order valence-electron chi connectivity index (χ0n) is 18.5. The zero-order chi connectivity index (χ0) is 21.7. The Bertz CT molecular complexity index is 1810. The fraction of sp³-hybridized carbons (Fsp3) is 0.154. The molecule has 0 aliphatic heterocycles. The van der Waals surface area contributed by atoms with Crippen molar-refractivity contribution >= 4 is 43.9 Å². The second-order valence-corrected chi connectivity index (χ2v) is 8.97. The lowest BCUT2D eigenvalue weighted by atomic mass is 10.0. The maximum atomic E-state index is 3.75. The molecule has 0 aliphatic carbocycles. The van der Waals surface area contributed by atoms with Crippen LogP contribution in [0.25, 0.3) is 66.6 Å². The fourth-order valence-electron chi connectivity index (χ4n) is 5.47. The molecule has 0 unspecified atom stereocenters. The van der Waals surface area contributed by atoms with Gasteiger partial charge in [0.1, 0.15) is 0 Å². The molecule has 6 nitrogen and oxygen atoms in total. The van der Waals surface area contributed by atoms with E-state index < -0.39 is 0 Å². The largest absolute Gasteiger partial charge is 0.360 e. The van der Waals surface area contributed by atoms with Crippen LogP contribution in [0.15, 0.2) is 36.7 Å². The monoisotopic (exact) mass is 420 g/mol. The molecule has 7 aromatic rings. The van der Waals surface area contributed by atoms with Gasteiger partial charge in [-0.15, -0.1) is 0 Å². The number of nitrogens with one attached hydrogen (secondary N) is 6. The molecule has 0 amide bonds. The van der Waals surface area contributed by atoms with Crippen molar-refractivity contribution in [1.29, 1.82) is 0 Å². The molecule has 0 atom stereocenters. The summed E-state index contributed by atoms with van der Waals surface area (Å²) in [6.45, 7) is 8.76. The number of H-pyrrole nitrogens is 6. The fourth-order valence-corrected chi connectivity index (χ4v) is 5.47. The van der Waals surface area contributed by atoms with E-state index in [9.17, 15) is 0 Å². The van der Waals surface area contributed by atoms with Crippen molar-refractivity contribution in [2.24, 2.45) is 0 Å². The number of aromatic nitrogens is 6. The molecule has 0 spiro atoms. The van der Waals surface area contributed by atoms with Crippen LogP contribution in [0.2, 0.25) is 0 Å². The van der Waals surface area contributed by atoms with Crippen LogP contribution in [0.4, 0.5) is 0 Å². The Morgan fingerprint density at radius 1 is 0.531 bits per heavy atom. The summed E-state index contributed by atoms with van der Waals surface area (Å²) in [6.07, 6.45) is 4.02. The Kier molecular flexibility index (Phi) is 3.19. The van der Waals surface area contributed by atoms with E-state index in [1.807, 2.05) is 12.3 Å². The molecule has 158 valence electrons. The van der Waals surface area contributed by atoms with Gasteiger partial charge in [0.25, 0.3) is 0 Å². The lowest BCUT2D eigenvalue weighted by Gasteiger charge is -2.06. The summed E-state index contributed by atoms with van der Waals surface area (Å²) < 4.78 is 0. The van der Waals surface area contributed by atoms with E-state index in [1.54, 1.807) is 0 Å². The van der Waals surface area contributed by atoms with Gasteiger partial charge in [0.05, 0.1) is 55.9 Å². The number of rotatable bonds is 2. The zero-order valence-corrected chi connectivity index (χ0v) is 18.5. The number of aryl methyl sites for hydroxylation is 4. The van der Waals surface area contributed by atoms with Crippen LogP contribution in [0, 0.1) is 27.7 Å². The standard InChI is InChI=1S/C26H24N6/c1-11-10-28-25-18-12(2)23-19(13(3)22(18)30-20(11)25)26-24(32-23)14(4)21(31-26)17-8-7-16(29-17)15-6-5-9-27-15/h5-10,27-32H,1-4H3. The molecule has 6 N–H and O–H groups in total. The predicted octanol–water partition coefficient (Wildman–Crippen LogP) is 6.84. The maximum absolute atomic E-state index is 3.75. The van der Waals surface area contributed by atoms with Crippen LogP contribution in [0.5, 0.6) is 0 Å². The highest BCUT2D eigenvalue weighted by Gasteiger charge is 2.22. The number of hydrogen-bond donors (Lipinski definition) is 6. The molecule has 0 saturated carbocycles. The maximum Gasteiger partial charge on any atom is 0.0725 e.